The highest BCUT2D eigenvalue weighted by Crippen LogP contribution is 2.35. The molecule has 3 rings (SSSR count). The molecule has 40 heavy (non-hydrogen) atoms. The van der Waals surface area contributed by atoms with Crippen LogP contribution in [-0.2, 0) is 20.7 Å². The van der Waals surface area contributed by atoms with Gasteiger partial charge in [-0.3, -0.25) is 4.79 Å². The lowest BCUT2D eigenvalue weighted by Gasteiger charge is -2.46. The number of rotatable bonds is 5. The van der Waals surface area contributed by atoms with Gasteiger partial charge in [0.05, 0.1) is 29.8 Å². The van der Waals surface area contributed by atoms with Crippen molar-refractivity contribution in [2.75, 3.05) is 27.2 Å². The van der Waals surface area contributed by atoms with Gasteiger partial charge in [0.25, 0.3) is 0 Å². The van der Waals surface area contributed by atoms with Crippen molar-refractivity contribution in [2.24, 2.45) is 17.8 Å². The van der Waals surface area contributed by atoms with Crippen LogP contribution in [0.3, 0.4) is 0 Å². The van der Waals surface area contributed by atoms with Crippen molar-refractivity contribution < 1.29 is 29.6 Å². The smallest absolute Gasteiger partial charge is 0.225 e. The second kappa shape index (κ2) is 14.5. The molecule has 4 unspecified atom stereocenters. The van der Waals surface area contributed by atoms with Crippen LogP contribution in [0.4, 0.5) is 0 Å². The molecule has 1 aromatic rings. The van der Waals surface area contributed by atoms with E-state index in [1.807, 2.05) is 44.1 Å². The Morgan fingerprint density at radius 1 is 1.10 bits per heavy atom. The zero-order valence-corrected chi connectivity index (χ0v) is 25.4. The van der Waals surface area contributed by atoms with E-state index in [-0.39, 0.29) is 30.0 Å². The van der Waals surface area contributed by atoms with Gasteiger partial charge in [-0.15, -0.1) is 0 Å². The monoisotopic (exact) mass is 563 g/mol. The minimum absolute atomic E-state index is 0.0870. The standard InChI is InChI=1S/C31H53N3O6/c1-19-17-31(5,38)28(40-30-27(36)25(34(6)7)15-20(2)39-30)21(3)26(35)22(4)29(37)33-24(13-14-32-18-19)16-23-11-9-8-10-12-23/h8-12,19-22,24-28,30,32,35-36,38H,13-18H2,1-7H3,(H,33,37)/t19-,20?,21+,22?,24?,25?,26+,27-,28-,30+,31-/m1/s1. The van der Waals surface area contributed by atoms with Gasteiger partial charge in [0.1, 0.15) is 6.10 Å². The first-order valence-corrected chi connectivity index (χ1v) is 14.9. The summed E-state index contributed by atoms with van der Waals surface area (Å²) in [5.41, 5.74) is -0.209. The molecule has 228 valence electrons. The summed E-state index contributed by atoms with van der Waals surface area (Å²) < 4.78 is 12.5. The summed E-state index contributed by atoms with van der Waals surface area (Å²) in [5, 5.41) is 41.1. The van der Waals surface area contributed by atoms with E-state index < -0.39 is 42.0 Å². The highest BCUT2D eigenvalue weighted by molar-refractivity contribution is 5.79. The Bertz CT molecular complexity index is 916. The van der Waals surface area contributed by atoms with Crippen LogP contribution in [0, 0.1) is 17.8 Å². The van der Waals surface area contributed by atoms with Crippen molar-refractivity contribution in [2.45, 2.75) is 109 Å². The fraction of sp³-hybridized carbons (Fsp3) is 0.774. The number of benzene rings is 1. The van der Waals surface area contributed by atoms with Crippen LogP contribution in [0.1, 0.15) is 59.4 Å². The average molecular weight is 564 g/mol. The number of amides is 1. The fourth-order valence-electron chi connectivity index (χ4n) is 6.40. The molecule has 2 aliphatic rings. The summed E-state index contributed by atoms with van der Waals surface area (Å²) in [4.78, 5) is 15.4. The first kappa shape index (κ1) is 32.9. The van der Waals surface area contributed by atoms with Crippen LogP contribution in [0.15, 0.2) is 30.3 Å². The van der Waals surface area contributed by atoms with E-state index in [4.69, 9.17) is 9.47 Å². The predicted octanol–water partition coefficient (Wildman–Crippen LogP) is 1.93. The first-order chi connectivity index (χ1) is 18.8. The number of likely N-dealkylation sites (N-methyl/N-ethyl adjacent to an activating group) is 1. The Kier molecular flexibility index (Phi) is 12.0. The minimum atomic E-state index is -1.35. The fourth-order valence-corrected chi connectivity index (χ4v) is 6.40. The van der Waals surface area contributed by atoms with Crippen molar-refractivity contribution in [1.29, 1.82) is 0 Å². The van der Waals surface area contributed by atoms with Crippen LogP contribution in [0.25, 0.3) is 0 Å². The van der Waals surface area contributed by atoms with Crippen LogP contribution in [0.5, 0.6) is 0 Å². The molecular weight excluding hydrogens is 510 g/mol. The molecule has 2 fully saturated rings. The molecular formula is C31H53N3O6. The quantitative estimate of drug-likeness (QED) is 0.368. The number of carbonyl (C=O) groups excluding carboxylic acids is 1. The largest absolute Gasteiger partial charge is 0.392 e. The second-order valence-corrected chi connectivity index (χ2v) is 12.8. The minimum Gasteiger partial charge on any atom is -0.392 e. The number of hydrogen-bond donors (Lipinski definition) is 5. The van der Waals surface area contributed by atoms with Crippen molar-refractivity contribution >= 4 is 5.91 Å². The van der Waals surface area contributed by atoms with Crippen LogP contribution >= 0.6 is 0 Å². The molecule has 1 amide bonds. The molecule has 2 aliphatic heterocycles. The molecule has 0 spiro atoms. The molecule has 2 heterocycles. The number of ether oxygens (including phenoxy) is 2. The van der Waals surface area contributed by atoms with Crippen molar-refractivity contribution in [3.63, 3.8) is 0 Å². The zero-order chi connectivity index (χ0) is 29.6. The lowest BCUT2D eigenvalue weighted by Crippen LogP contribution is -2.59. The number of aliphatic hydroxyl groups excluding tert-OH is 2. The normalized spacial score (nSPS) is 40.8. The number of nitrogens with zero attached hydrogens (tertiary/aromatic N) is 1. The topological polar surface area (TPSA) is 124 Å². The van der Waals surface area contributed by atoms with Gasteiger partial charge in [0.2, 0.25) is 5.91 Å². The van der Waals surface area contributed by atoms with Crippen molar-refractivity contribution in [3.05, 3.63) is 35.9 Å². The molecule has 0 bridgehead atoms. The lowest BCUT2D eigenvalue weighted by molar-refractivity contribution is -0.299. The molecule has 0 aliphatic carbocycles. The molecule has 0 radical (unpaired) electrons. The maximum atomic E-state index is 13.4. The molecule has 0 saturated carbocycles. The first-order valence-electron chi connectivity index (χ1n) is 14.9. The Hall–Kier alpha value is -1.59. The van der Waals surface area contributed by atoms with Crippen LogP contribution < -0.4 is 10.6 Å². The summed E-state index contributed by atoms with van der Waals surface area (Å²) in [7, 11) is 3.82. The third kappa shape index (κ3) is 8.71. The van der Waals surface area contributed by atoms with Gasteiger partial charge >= 0.3 is 0 Å². The average Bonchev–Trinajstić information content (AvgIpc) is 2.89. The van der Waals surface area contributed by atoms with Crippen molar-refractivity contribution in [3.8, 4) is 0 Å². The van der Waals surface area contributed by atoms with E-state index in [9.17, 15) is 20.1 Å². The maximum absolute atomic E-state index is 13.4. The summed E-state index contributed by atoms with van der Waals surface area (Å²) in [6.45, 7) is 10.6. The molecule has 9 nitrogen and oxygen atoms in total. The van der Waals surface area contributed by atoms with E-state index in [1.54, 1.807) is 20.8 Å². The van der Waals surface area contributed by atoms with Crippen LogP contribution in [-0.4, -0.2) is 102 Å². The molecule has 2 saturated heterocycles. The highest BCUT2D eigenvalue weighted by atomic mass is 16.7. The predicted molar refractivity (Wildman–Crippen MR) is 156 cm³/mol. The van der Waals surface area contributed by atoms with Gasteiger partial charge in [-0.2, -0.15) is 0 Å². The zero-order valence-electron chi connectivity index (χ0n) is 25.4. The van der Waals surface area contributed by atoms with Gasteiger partial charge < -0.3 is 40.3 Å². The number of hydrogen-bond acceptors (Lipinski definition) is 8. The van der Waals surface area contributed by atoms with Crippen molar-refractivity contribution in [1.82, 2.24) is 15.5 Å². The van der Waals surface area contributed by atoms with Gasteiger partial charge in [0, 0.05) is 18.0 Å². The maximum Gasteiger partial charge on any atom is 0.225 e. The molecule has 1 aromatic carbocycles. The highest BCUT2D eigenvalue weighted by Gasteiger charge is 2.47. The summed E-state index contributed by atoms with van der Waals surface area (Å²) in [5.74, 6) is -1.50. The third-order valence-electron chi connectivity index (χ3n) is 8.71. The Morgan fingerprint density at radius 2 is 1.77 bits per heavy atom. The molecule has 9 heteroatoms. The van der Waals surface area contributed by atoms with Gasteiger partial charge in [-0.25, -0.2) is 0 Å². The summed E-state index contributed by atoms with van der Waals surface area (Å²) in [6, 6.07) is 9.82. The SMILES string of the molecule is CC1CC(N(C)C)[C@@H](O)[C@H](O[C@@H]2[C@@H](C)[C@H](O)C(C)C(=O)NC(Cc3ccccc3)CCNC[C@H](C)C[C@@]2(C)O)O1. The van der Waals surface area contributed by atoms with Crippen LogP contribution in [0.2, 0.25) is 0 Å². The van der Waals surface area contributed by atoms with Gasteiger partial charge in [0.15, 0.2) is 6.29 Å². The molecule has 0 aromatic heterocycles. The molecule has 11 atom stereocenters. The van der Waals surface area contributed by atoms with E-state index in [0.717, 1.165) is 12.0 Å². The number of aliphatic hydroxyl groups is 3. The number of carbonyl (C=O) groups is 1. The van der Waals surface area contributed by atoms with E-state index in [2.05, 4.69) is 29.7 Å². The second-order valence-electron chi connectivity index (χ2n) is 12.8. The van der Waals surface area contributed by atoms with E-state index in [0.29, 0.717) is 32.4 Å². The Balaban J connectivity index is 1.86. The Labute approximate surface area is 240 Å². The Morgan fingerprint density at radius 3 is 2.42 bits per heavy atom. The molecule has 5 N–H and O–H groups in total. The van der Waals surface area contributed by atoms with Gasteiger partial charge in [-0.1, -0.05) is 51.1 Å². The van der Waals surface area contributed by atoms with Gasteiger partial charge in [-0.05, 0) is 78.2 Å². The summed E-state index contributed by atoms with van der Waals surface area (Å²) >= 11 is 0. The summed E-state index contributed by atoms with van der Waals surface area (Å²) in [6.07, 6.45) is -1.54. The lowest BCUT2D eigenvalue weighted by atomic mass is 9.77. The number of nitrogens with one attached hydrogen (secondary N) is 2. The third-order valence-corrected chi connectivity index (χ3v) is 8.71. The van der Waals surface area contributed by atoms with E-state index >= 15 is 0 Å². The van der Waals surface area contributed by atoms with E-state index in [1.165, 1.54) is 0 Å².